The first-order chi connectivity index (χ1) is 16.8. The highest BCUT2D eigenvalue weighted by atomic mass is 32.2. The quantitative estimate of drug-likeness (QED) is 0.426. The standard InChI is InChI=1S/C19H24N12O2S2/c1-29(2)35(32,33)28-15-17(34-19(25-15)24-14-5-9-30(3)10-6-14)27-26-16-13(11-20)12-23-31(16)18-21-7-4-8-22-18/h4,7-8,12,14,28H,5-6,9-10H2,1-3H3,(H,24,25)/b27-26+. The lowest BCUT2D eigenvalue weighted by molar-refractivity contribution is 0.264. The van der Waals surface area contributed by atoms with E-state index in [0.717, 1.165) is 41.6 Å². The summed E-state index contributed by atoms with van der Waals surface area (Å²) in [5.74, 6) is 0.354. The second-order valence-electron chi connectivity index (χ2n) is 7.94. The van der Waals surface area contributed by atoms with Crippen LogP contribution in [-0.4, -0.2) is 82.6 Å². The number of aromatic nitrogens is 5. The molecule has 16 heteroatoms. The number of hydrogen-bond acceptors (Lipinski definition) is 12. The minimum atomic E-state index is -3.84. The maximum atomic E-state index is 12.5. The van der Waals surface area contributed by atoms with Crippen molar-refractivity contribution in [3.8, 4) is 12.0 Å². The average Bonchev–Trinajstić information content (AvgIpc) is 3.42. The highest BCUT2D eigenvalue weighted by Crippen LogP contribution is 2.38. The Kier molecular flexibility index (Phi) is 7.31. The van der Waals surface area contributed by atoms with Crippen LogP contribution in [0.25, 0.3) is 5.95 Å². The highest BCUT2D eigenvalue weighted by Gasteiger charge is 2.23. The van der Waals surface area contributed by atoms with E-state index in [0.29, 0.717) is 5.13 Å². The fraction of sp³-hybridized carbons (Fsp3) is 0.421. The van der Waals surface area contributed by atoms with Crippen LogP contribution in [0.3, 0.4) is 0 Å². The third-order valence-corrected chi connectivity index (χ3v) is 7.49. The Bertz CT molecular complexity index is 1340. The van der Waals surface area contributed by atoms with E-state index < -0.39 is 10.2 Å². The van der Waals surface area contributed by atoms with Gasteiger partial charge in [0.15, 0.2) is 21.8 Å². The molecule has 0 atom stereocenters. The van der Waals surface area contributed by atoms with Gasteiger partial charge >= 0.3 is 10.2 Å². The van der Waals surface area contributed by atoms with Crippen LogP contribution < -0.4 is 10.0 Å². The van der Waals surface area contributed by atoms with Gasteiger partial charge in [-0.2, -0.15) is 32.7 Å². The maximum Gasteiger partial charge on any atom is 0.302 e. The Balaban J connectivity index is 1.67. The van der Waals surface area contributed by atoms with Crippen molar-refractivity contribution in [3.05, 3.63) is 30.2 Å². The third kappa shape index (κ3) is 5.77. The van der Waals surface area contributed by atoms with E-state index >= 15 is 0 Å². The molecule has 0 amide bonds. The van der Waals surface area contributed by atoms with Crippen molar-refractivity contribution in [2.24, 2.45) is 10.2 Å². The van der Waals surface area contributed by atoms with Crippen molar-refractivity contribution in [3.63, 3.8) is 0 Å². The average molecular weight is 517 g/mol. The van der Waals surface area contributed by atoms with Crippen LogP contribution in [0.15, 0.2) is 34.9 Å². The molecular weight excluding hydrogens is 492 g/mol. The minimum absolute atomic E-state index is 0.0309. The monoisotopic (exact) mass is 516 g/mol. The minimum Gasteiger partial charge on any atom is -0.359 e. The Morgan fingerprint density at radius 2 is 1.94 bits per heavy atom. The largest absolute Gasteiger partial charge is 0.359 e. The molecular formula is C19H24N12O2S2. The van der Waals surface area contributed by atoms with Gasteiger partial charge in [0.1, 0.15) is 11.6 Å². The van der Waals surface area contributed by atoms with Gasteiger partial charge < -0.3 is 10.2 Å². The number of hydrogen-bond donors (Lipinski definition) is 2. The number of rotatable bonds is 8. The van der Waals surface area contributed by atoms with Crippen molar-refractivity contribution >= 4 is 43.3 Å². The lowest BCUT2D eigenvalue weighted by Crippen LogP contribution is -2.36. The van der Waals surface area contributed by atoms with Gasteiger partial charge in [0.05, 0.1) is 6.20 Å². The van der Waals surface area contributed by atoms with Crippen molar-refractivity contribution in [2.75, 3.05) is 44.3 Å². The summed E-state index contributed by atoms with van der Waals surface area (Å²) in [5.41, 5.74) is 0.158. The Morgan fingerprint density at radius 1 is 1.23 bits per heavy atom. The van der Waals surface area contributed by atoms with Crippen molar-refractivity contribution in [1.29, 1.82) is 5.26 Å². The summed E-state index contributed by atoms with van der Waals surface area (Å²) < 4.78 is 29.7. The van der Waals surface area contributed by atoms with Crippen LogP contribution >= 0.6 is 11.3 Å². The number of likely N-dealkylation sites (tertiary alicyclic amines) is 1. The predicted octanol–water partition coefficient (Wildman–Crippen LogP) is 2.13. The fourth-order valence-corrected chi connectivity index (χ4v) is 4.66. The summed E-state index contributed by atoms with van der Waals surface area (Å²) in [6, 6.07) is 3.88. The molecule has 0 aromatic carbocycles. The molecule has 35 heavy (non-hydrogen) atoms. The molecule has 0 aliphatic carbocycles. The SMILES string of the molecule is CN1CCC(Nc2nc(NS(=O)(=O)N(C)C)c(/N=N/c3c(C#N)cnn3-c3ncccn3)s2)CC1. The highest BCUT2D eigenvalue weighted by molar-refractivity contribution is 7.90. The summed E-state index contributed by atoms with van der Waals surface area (Å²) in [6.45, 7) is 1.91. The number of azo groups is 1. The van der Waals surface area contributed by atoms with Gasteiger partial charge in [-0.15, -0.1) is 10.2 Å². The second-order valence-corrected chi connectivity index (χ2v) is 10.8. The second kappa shape index (κ2) is 10.4. The number of nitrogens with one attached hydrogen (secondary N) is 2. The molecule has 1 fully saturated rings. The molecule has 1 aliphatic rings. The zero-order valence-corrected chi connectivity index (χ0v) is 21.0. The van der Waals surface area contributed by atoms with Crippen LogP contribution in [0.1, 0.15) is 18.4 Å². The van der Waals surface area contributed by atoms with Crippen LogP contribution in [-0.2, 0) is 10.2 Å². The number of nitrogens with zero attached hydrogens (tertiary/aromatic N) is 10. The molecule has 184 valence electrons. The van der Waals surface area contributed by atoms with Gasteiger partial charge in [0.2, 0.25) is 0 Å². The molecule has 2 N–H and O–H groups in total. The number of anilines is 2. The van der Waals surface area contributed by atoms with E-state index in [1.807, 2.05) is 6.07 Å². The fourth-order valence-electron chi connectivity index (χ4n) is 3.21. The third-order valence-electron chi connectivity index (χ3n) is 5.20. The summed E-state index contributed by atoms with van der Waals surface area (Å²) in [7, 11) is 1.06. The first-order valence-electron chi connectivity index (χ1n) is 10.6. The smallest absolute Gasteiger partial charge is 0.302 e. The Morgan fingerprint density at radius 3 is 2.60 bits per heavy atom. The first-order valence-corrected chi connectivity index (χ1v) is 12.9. The molecule has 0 bridgehead atoms. The van der Waals surface area contributed by atoms with E-state index in [1.165, 1.54) is 37.4 Å². The number of nitriles is 1. The van der Waals surface area contributed by atoms with Gasteiger partial charge in [0, 0.05) is 32.5 Å². The molecule has 1 aliphatic heterocycles. The van der Waals surface area contributed by atoms with Gasteiger partial charge in [-0.05, 0) is 39.0 Å². The molecule has 3 aromatic heterocycles. The Labute approximate surface area is 206 Å². The summed E-state index contributed by atoms with van der Waals surface area (Å²) in [6.07, 6.45) is 6.28. The molecule has 0 saturated carbocycles. The molecule has 1 saturated heterocycles. The number of piperidine rings is 1. The zero-order valence-electron chi connectivity index (χ0n) is 19.3. The normalized spacial score (nSPS) is 15.5. The summed E-state index contributed by atoms with van der Waals surface area (Å²) in [5, 5.41) is 26.2. The van der Waals surface area contributed by atoms with Crippen molar-refractivity contribution in [2.45, 2.75) is 18.9 Å². The molecule has 3 aromatic rings. The number of thiazole rings is 1. The first kappa shape index (κ1) is 24.6. The lowest BCUT2D eigenvalue weighted by Gasteiger charge is -2.29. The maximum absolute atomic E-state index is 12.5. The van der Waals surface area contributed by atoms with Crippen LogP contribution in [0.5, 0.6) is 0 Å². The molecule has 0 spiro atoms. The van der Waals surface area contributed by atoms with Crippen LogP contribution in [0, 0.1) is 11.3 Å². The molecule has 0 radical (unpaired) electrons. The van der Waals surface area contributed by atoms with E-state index in [2.05, 4.69) is 52.3 Å². The van der Waals surface area contributed by atoms with E-state index in [-0.39, 0.29) is 34.2 Å². The summed E-state index contributed by atoms with van der Waals surface area (Å²) in [4.78, 5) is 14.9. The van der Waals surface area contributed by atoms with E-state index in [1.54, 1.807) is 6.07 Å². The predicted molar refractivity (Wildman–Crippen MR) is 131 cm³/mol. The zero-order chi connectivity index (χ0) is 25.0. The van der Waals surface area contributed by atoms with Crippen molar-refractivity contribution in [1.82, 2.24) is 33.9 Å². The van der Waals surface area contributed by atoms with Gasteiger partial charge in [0.25, 0.3) is 5.95 Å². The molecule has 4 rings (SSSR count). The topological polar surface area (TPSA) is 170 Å². The summed E-state index contributed by atoms with van der Waals surface area (Å²) >= 11 is 1.16. The van der Waals surface area contributed by atoms with Crippen LogP contribution in [0.4, 0.5) is 21.8 Å². The van der Waals surface area contributed by atoms with Crippen molar-refractivity contribution < 1.29 is 8.42 Å². The Hall–Kier alpha value is -3.52. The van der Waals surface area contributed by atoms with Gasteiger partial charge in [-0.25, -0.2) is 9.97 Å². The molecule has 0 unspecified atom stereocenters. The molecule has 14 nitrogen and oxygen atoms in total. The van der Waals surface area contributed by atoms with Gasteiger partial charge in [-0.3, -0.25) is 4.72 Å². The van der Waals surface area contributed by atoms with E-state index in [9.17, 15) is 13.7 Å². The molecule has 4 heterocycles. The van der Waals surface area contributed by atoms with Gasteiger partial charge in [-0.1, -0.05) is 11.3 Å². The van der Waals surface area contributed by atoms with E-state index in [4.69, 9.17) is 0 Å². The lowest BCUT2D eigenvalue weighted by atomic mass is 10.1. The van der Waals surface area contributed by atoms with Crippen LogP contribution in [0.2, 0.25) is 0 Å².